The van der Waals surface area contributed by atoms with Crippen molar-refractivity contribution < 1.29 is 4.52 Å². The molecule has 1 aliphatic heterocycles. The van der Waals surface area contributed by atoms with Crippen LogP contribution in [0.2, 0.25) is 0 Å². The Morgan fingerprint density at radius 2 is 1.83 bits per heavy atom. The molecule has 0 aliphatic carbocycles. The first-order valence-electron chi connectivity index (χ1n) is 8.40. The van der Waals surface area contributed by atoms with E-state index in [1.807, 2.05) is 13.8 Å². The highest BCUT2D eigenvalue weighted by molar-refractivity contribution is 5.86. The van der Waals surface area contributed by atoms with Gasteiger partial charge in [-0.2, -0.15) is 0 Å². The van der Waals surface area contributed by atoms with Gasteiger partial charge in [-0.3, -0.25) is 0 Å². The van der Waals surface area contributed by atoms with Crippen LogP contribution in [0, 0.1) is 20.8 Å². The molecule has 0 saturated carbocycles. The summed E-state index contributed by atoms with van der Waals surface area (Å²) in [7, 11) is 2.18. The Bertz CT molecular complexity index is 867. The number of aromatic nitrogens is 3. The molecule has 1 saturated heterocycles. The minimum absolute atomic E-state index is 0.795. The molecule has 24 heavy (non-hydrogen) atoms. The molecule has 0 amide bonds. The fraction of sp³-hybridized carbons (Fsp3) is 0.444. The second-order valence-electron chi connectivity index (χ2n) is 6.73. The van der Waals surface area contributed by atoms with E-state index in [-0.39, 0.29) is 0 Å². The lowest BCUT2D eigenvalue weighted by Crippen LogP contribution is -2.44. The first-order chi connectivity index (χ1) is 11.5. The Balaban J connectivity index is 1.76. The number of fused-ring (bicyclic) bond motifs is 1. The molecule has 1 aromatic carbocycles. The molecule has 4 rings (SSSR count). The normalized spacial score (nSPS) is 16.2. The lowest BCUT2D eigenvalue weighted by atomic mass is 10.1. The third-order valence-electron chi connectivity index (χ3n) is 4.90. The van der Waals surface area contributed by atoms with E-state index in [2.05, 4.69) is 46.0 Å². The van der Waals surface area contributed by atoms with Gasteiger partial charge in [-0.05, 0) is 45.5 Å². The van der Waals surface area contributed by atoms with Crippen LogP contribution in [0.5, 0.6) is 0 Å². The minimum atomic E-state index is 0.795. The van der Waals surface area contributed by atoms with Crippen molar-refractivity contribution in [2.24, 2.45) is 0 Å². The van der Waals surface area contributed by atoms with Gasteiger partial charge in [-0.15, -0.1) is 0 Å². The summed E-state index contributed by atoms with van der Waals surface area (Å²) in [6.45, 7) is 10.3. The molecular weight excluding hydrogens is 302 g/mol. The summed E-state index contributed by atoms with van der Waals surface area (Å²) in [6.07, 6.45) is 0. The van der Waals surface area contributed by atoms with E-state index in [0.29, 0.717) is 0 Å². The molecule has 1 aliphatic rings. The van der Waals surface area contributed by atoms with Gasteiger partial charge < -0.3 is 19.3 Å². The largest absolute Gasteiger partial charge is 0.369 e. The molecule has 0 atom stereocenters. The number of benzene rings is 1. The fourth-order valence-corrected chi connectivity index (χ4v) is 3.46. The molecule has 1 N–H and O–H groups in total. The first-order valence-corrected chi connectivity index (χ1v) is 8.40. The van der Waals surface area contributed by atoms with Gasteiger partial charge in [0.2, 0.25) is 0 Å². The third kappa shape index (κ3) is 2.47. The second-order valence-corrected chi connectivity index (χ2v) is 6.73. The Hall–Kier alpha value is -2.34. The van der Waals surface area contributed by atoms with Crippen LogP contribution in [-0.2, 0) is 0 Å². The number of H-pyrrole nitrogens is 1. The highest BCUT2D eigenvalue weighted by Crippen LogP contribution is 2.30. The van der Waals surface area contributed by atoms with Crippen molar-refractivity contribution in [1.82, 2.24) is 20.0 Å². The van der Waals surface area contributed by atoms with E-state index < -0.39 is 0 Å². The second kappa shape index (κ2) is 5.63. The van der Waals surface area contributed by atoms with Gasteiger partial charge in [0, 0.05) is 31.9 Å². The SMILES string of the molecule is Cc1noc(C)c1-c1nc2c(C)cc(N3CCN(C)CC3)cc2[nH]1. The van der Waals surface area contributed by atoms with Gasteiger partial charge in [-0.1, -0.05) is 5.16 Å². The number of nitrogens with zero attached hydrogens (tertiary/aromatic N) is 4. The first kappa shape index (κ1) is 15.2. The van der Waals surface area contributed by atoms with E-state index in [0.717, 1.165) is 60.1 Å². The third-order valence-corrected chi connectivity index (χ3v) is 4.90. The van der Waals surface area contributed by atoms with Crippen LogP contribution in [0.15, 0.2) is 16.7 Å². The molecular formula is C18H23N5O. The number of imidazole rings is 1. The molecule has 0 radical (unpaired) electrons. The Morgan fingerprint density at radius 1 is 1.08 bits per heavy atom. The van der Waals surface area contributed by atoms with Crippen molar-refractivity contribution in [3.8, 4) is 11.4 Å². The smallest absolute Gasteiger partial charge is 0.144 e. The van der Waals surface area contributed by atoms with Crippen LogP contribution < -0.4 is 4.90 Å². The van der Waals surface area contributed by atoms with E-state index in [1.165, 1.54) is 11.3 Å². The van der Waals surface area contributed by atoms with Gasteiger partial charge in [0.05, 0.1) is 22.3 Å². The van der Waals surface area contributed by atoms with Gasteiger partial charge in [0.25, 0.3) is 0 Å². The molecule has 2 aromatic heterocycles. The molecule has 1 fully saturated rings. The van der Waals surface area contributed by atoms with Crippen LogP contribution in [0.4, 0.5) is 5.69 Å². The van der Waals surface area contributed by atoms with E-state index in [1.54, 1.807) is 0 Å². The van der Waals surface area contributed by atoms with Crippen molar-refractivity contribution in [1.29, 1.82) is 0 Å². The van der Waals surface area contributed by atoms with Crippen molar-refractivity contribution >= 4 is 16.7 Å². The number of hydrogen-bond donors (Lipinski definition) is 1. The van der Waals surface area contributed by atoms with Crippen molar-refractivity contribution in [2.75, 3.05) is 38.1 Å². The zero-order valence-electron chi connectivity index (χ0n) is 14.7. The summed E-state index contributed by atoms with van der Waals surface area (Å²) in [5.41, 5.74) is 6.37. The number of hydrogen-bond acceptors (Lipinski definition) is 5. The molecule has 6 nitrogen and oxygen atoms in total. The lowest BCUT2D eigenvalue weighted by Gasteiger charge is -2.34. The molecule has 3 aromatic rings. The number of likely N-dealkylation sites (N-methyl/N-ethyl adjacent to an activating group) is 1. The number of aromatic amines is 1. The number of nitrogens with one attached hydrogen (secondary N) is 1. The number of aryl methyl sites for hydroxylation is 3. The standard InChI is InChI=1S/C18H23N5O/c1-11-9-14(23-7-5-22(4)6-8-23)10-15-17(11)20-18(19-15)16-12(2)21-24-13(16)3/h9-10H,5-8H2,1-4H3,(H,19,20). The highest BCUT2D eigenvalue weighted by atomic mass is 16.5. The van der Waals surface area contributed by atoms with Crippen molar-refractivity contribution in [2.45, 2.75) is 20.8 Å². The summed E-state index contributed by atoms with van der Waals surface area (Å²) in [6, 6.07) is 4.45. The van der Waals surface area contributed by atoms with Gasteiger partial charge in [-0.25, -0.2) is 4.98 Å². The zero-order chi connectivity index (χ0) is 16.8. The molecule has 0 spiro atoms. The lowest BCUT2D eigenvalue weighted by molar-refractivity contribution is 0.313. The van der Waals surface area contributed by atoms with E-state index in [4.69, 9.17) is 9.51 Å². The predicted molar refractivity (Wildman–Crippen MR) is 95.5 cm³/mol. The maximum Gasteiger partial charge on any atom is 0.144 e. The average Bonchev–Trinajstić information content (AvgIpc) is 3.11. The van der Waals surface area contributed by atoms with Crippen LogP contribution in [0.25, 0.3) is 22.4 Å². The Labute approximate surface area is 141 Å². The Kier molecular flexibility index (Phi) is 3.57. The number of rotatable bonds is 2. The van der Waals surface area contributed by atoms with E-state index in [9.17, 15) is 0 Å². The molecule has 3 heterocycles. The summed E-state index contributed by atoms with van der Waals surface area (Å²) in [5.74, 6) is 1.63. The van der Waals surface area contributed by atoms with Crippen LogP contribution in [-0.4, -0.2) is 53.3 Å². The van der Waals surface area contributed by atoms with E-state index >= 15 is 0 Å². The van der Waals surface area contributed by atoms with Gasteiger partial charge in [0.1, 0.15) is 11.6 Å². The number of piperazine rings is 1. The number of anilines is 1. The quantitative estimate of drug-likeness (QED) is 0.785. The monoisotopic (exact) mass is 325 g/mol. The van der Waals surface area contributed by atoms with Gasteiger partial charge in [0.15, 0.2) is 0 Å². The van der Waals surface area contributed by atoms with Crippen molar-refractivity contribution in [3.63, 3.8) is 0 Å². The average molecular weight is 325 g/mol. The van der Waals surface area contributed by atoms with Crippen LogP contribution in [0.1, 0.15) is 17.0 Å². The maximum absolute atomic E-state index is 5.28. The summed E-state index contributed by atoms with van der Waals surface area (Å²) < 4.78 is 5.28. The van der Waals surface area contributed by atoms with Crippen LogP contribution >= 0.6 is 0 Å². The van der Waals surface area contributed by atoms with Crippen molar-refractivity contribution in [3.05, 3.63) is 29.2 Å². The zero-order valence-corrected chi connectivity index (χ0v) is 14.7. The highest BCUT2D eigenvalue weighted by Gasteiger charge is 2.19. The minimum Gasteiger partial charge on any atom is -0.369 e. The van der Waals surface area contributed by atoms with Gasteiger partial charge >= 0.3 is 0 Å². The van der Waals surface area contributed by atoms with Crippen LogP contribution in [0.3, 0.4) is 0 Å². The molecule has 0 unspecified atom stereocenters. The summed E-state index contributed by atoms with van der Waals surface area (Å²) in [4.78, 5) is 13.1. The maximum atomic E-state index is 5.28. The molecule has 126 valence electrons. The predicted octanol–water partition coefficient (Wildman–Crippen LogP) is 2.89. The summed E-state index contributed by atoms with van der Waals surface area (Å²) in [5, 5.41) is 4.04. The summed E-state index contributed by atoms with van der Waals surface area (Å²) >= 11 is 0. The topological polar surface area (TPSA) is 61.2 Å². The molecule has 0 bridgehead atoms. The molecule has 6 heteroatoms. The Morgan fingerprint density at radius 3 is 2.50 bits per heavy atom. The fourth-order valence-electron chi connectivity index (χ4n) is 3.46.